The van der Waals surface area contributed by atoms with E-state index in [1.54, 1.807) is 11.1 Å². The molecule has 0 aromatic heterocycles. The Hall–Kier alpha value is -1.60. The zero-order chi connectivity index (χ0) is 37.4. The van der Waals surface area contributed by atoms with Gasteiger partial charge in [0.05, 0.1) is 6.10 Å². The van der Waals surface area contributed by atoms with Crippen LogP contribution in [0.15, 0.2) is 42.5 Å². The number of fused-ring (bicyclic) bond motifs is 2. The standard InChI is InChI=1S/C50H78O/c1-30-23-41-37(32-19-21-34(22-20-32)47(3,4)5)17-16-18-38(41)39(30)28-40-31(2)24-43-42(40)29-44(50(12,13)14)46(51-15)45(43)33-25-35(48(6,7)8)27-36(26-33)49(9,10)11/h19-22,25-27,30-31,37-46H,16-18,23-24,28-29H2,1-15H3. The fraction of sp³-hybridized carbons (Fsp3) is 0.760. The fourth-order valence-electron chi connectivity index (χ4n) is 12.5. The molecule has 12 atom stereocenters. The SMILES string of the molecule is COC1C(c2cc(C(C)(C)C)cc(C(C)(C)C)c2)C2CC(C)C(CC3C(C)CC4C(c5ccc(C(C)(C)C)cc5)CCCC34)C2CC1C(C)(C)C. The quantitative estimate of drug-likeness (QED) is 0.303. The van der Waals surface area contributed by atoms with Crippen LogP contribution in [0, 0.1) is 58.7 Å². The van der Waals surface area contributed by atoms with Crippen molar-refractivity contribution < 1.29 is 4.74 Å². The lowest BCUT2D eigenvalue weighted by atomic mass is 9.57. The molecule has 51 heavy (non-hydrogen) atoms. The fourth-order valence-corrected chi connectivity index (χ4v) is 12.5. The molecule has 4 aliphatic carbocycles. The van der Waals surface area contributed by atoms with Crippen LogP contribution in [-0.4, -0.2) is 13.2 Å². The highest BCUT2D eigenvalue weighted by Crippen LogP contribution is 2.63. The van der Waals surface area contributed by atoms with Crippen molar-refractivity contribution in [3.63, 3.8) is 0 Å². The van der Waals surface area contributed by atoms with Gasteiger partial charge in [0, 0.05) is 13.0 Å². The molecule has 0 heterocycles. The summed E-state index contributed by atoms with van der Waals surface area (Å²) in [5.41, 5.74) is 8.29. The summed E-state index contributed by atoms with van der Waals surface area (Å²) in [6.07, 6.45) is 10.1. The molecule has 0 spiro atoms. The molecule has 0 saturated heterocycles. The Balaban J connectivity index is 1.32. The highest BCUT2D eigenvalue weighted by Gasteiger charge is 2.57. The Labute approximate surface area is 315 Å². The van der Waals surface area contributed by atoms with Gasteiger partial charge in [0.1, 0.15) is 0 Å². The molecule has 0 radical (unpaired) electrons. The Morgan fingerprint density at radius 3 is 1.61 bits per heavy atom. The third-order valence-electron chi connectivity index (χ3n) is 15.5. The third kappa shape index (κ3) is 7.69. The van der Waals surface area contributed by atoms with Crippen molar-refractivity contribution in [3.8, 4) is 0 Å². The van der Waals surface area contributed by atoms with E-state index in [0.29, 0.717) is 17.8 Å². The van der Waals surface area contributed by atoms with Crippen molar-refractivity contribution in [1.29, 1.82) is 0 Å². The summed E-state index contributed by atoms with van der Waals surface area (Å²) in [6, 6.07) is 17.6. The van der Waals surface area contributed by atoms with E-state index in [1.807, 2.05) is 7.11 Å². The zero-order valence-electron chi connectivity index (χ0n) is 35.8. The summed E-state index contributed by atoms with van der Waals surface area (Å²) in [7, 11) is 2.03. The zero-order valence-corrected chi connectivity index (χ0v) is 35.8. The number of hydrogen-bond donors (Lipinski definition) is 0. The number of hydrogen-bond acceptors (Lipinski definition) is 1. The molecule has 0 N–H and O–H groups in total. The summed E-state index contributed by atoms with van der Waals surface area (Å²) in [5, 5.41) is 0. The molecule has 4 aliphatic rings. The molecule has 12 unspecified atom stereocenters. The van der Waals surface area contributed by atoms with Crippen LogP contribution < -0.4 is 0 Å². The molecule has 4 saturated carbocycles. The Morgan fingerprint density at radius 1 is 0.569 bits per heavy atom. The molecular weight excluding hydrogens is 617 g/mol. The summed E-state index contributed by atoms with van der Waals surface area (Å²) in [6.45, 7) is 34.2. The largest absolute Gasteiger partial charge is 0.381 e. The van der Waals surface area contributed by atoms with E-state index in [-0.39, 0.29) is 27.8 Å². The van der Waals surface area contributed by atoms with Crippen molar-refractivity contribution in [1.82, 2.24) is 0 Å². The van der Waals surface area contributed by atoms with Gasteiger partial charge in [0.25, 0.3) is 0 Å². The minimum atomic E-state index is 0.114. The second-order valence-electron chi connectivity index (χ2n) is 22.8. The first-order valence-corrected chi connectivity index (χ1v) is 21.4. The molecule has 284 valence electrons. The predicted octanol–water partition coefficient (Wildman–Crippen LogP) is 13.9. The van der Waals surface area contributed by atoms with E-state index in [2.05, 4.69) is 139 Å². The van der Waals surface area contributed by atoms with Crippen LogP contribution in [-0.2, 0) is 21.0 Å². The Kier molecular flexibility index (Phi) is 10.7. The second kappa shape index (κ2) is 13.9. The minimum Gasteiger partial charge on any atom is -0.381 e. The van der Waals surface area contributed by atoms with Crippen LogP contribution in [0.3, 0.4) is 0 Å². The highest BCUT2D eigenvalue weighted by atomic mass is 16.5. The van der Waals surface area contributed by atoms with Gasteiger partial charge in [0.15, 0.2) is 0 Å². The van der Waals surface area contributed by atoms with E-state index in [9.17, 15) is 0 Å². The van der Waals surface area contributed by atoms with Crippen LogP contribution in [0.25, 0.3) is 0 Å². The molecule has 2 aromatic rings. The van der Waals surface area contributed by atoms with Gasteiger partial charge in [-0.15, -0.1) is 0 Å². The molecule has 1 heteroatoms. The van der Waals surface area contributed by atoms with E-state index in [4.69, 9.17) is 4.74 Å². The Bertz CT molecular complexity index is 1450. The maximum atomic E-state index is 6.73. The van der Waals surface area contributed by atoms with Crippen molar-refractivity contribution in [2.24, 2.45) is 58.7 Å². The van der Waals surface area contributed by atoms with Crippen LogP contribution in [0.5, 0.6) is 0 Å². The van der Waals surface area contributed by atoms with Gasteiger partial charge >= 0.3 is 0 Å². The summed E-state index contributed by atoms with van der Waals surface area (Å²) >= 11 is 0. The lowest BCUT2D eigenvalue weighted by molar-refractivity contribution is -0.0759. The molecule has 1 nitrogen and oxygen atoms in total. The second-order valence-corrected chi connectivity index (χ2v) is 22.8. The minimum absolute atomic E-state index is 0.114. The maximum absolute atomic E-state index is 6.73. The summed E-state index contributed by atoms with van der Waals surface area (Å²) in [4.78, 5) is 0. The molecule has 6 rings (SSSR count). The van der Waals surface area contributed by atoms with Gasteiger partial charge in [-0.3, -0.25) is 0 Å². The van der Waals surface area contributed by atoms with Gasteiger partial charge in [0.2, 0.25) is 0 Å². The van der Waals surface area contributed by atoms with Gasteiger partial charge in [-0.1, -0.05) is 146 Å². The normalized spacial score (nSPS) is 36.2. The first-order chi connectivity index (χ1) is 23.6. The number of benzene rings is 2. The first-order valence-electron chi connectivity index (χ1n) is 21.4. The average Bonchev–Trinajstić information content (AvgIpc) is 3.52. The van der Waals surface area contributed by atoms with Crippen LogP contribution in [0.4, 0.5) is 0 Å². The van der Waals surface area contributed by atoms with Gasteiger partial charge in [-0.05, 0) is 147 Å². The molecular formula is C50H78O. The van der Waals surface area contributed by atoms with E-state index in [0.717, 1.165) is 47.3 Å². The maximum Gasteiger partial charge on any atom is 0.0675 e. The first kappa shape index (κ1) is 39.1. The van der Waals surface area contributed by atoms with Crippen molar-refractivity contribution >= 4 is 0 Å². The molecule has 0 amide bonds. The van der Waals surface area contributed by atoms with E-state index in [1.165, 1.54) is 61.6 Å². The topological polar surface area (TPSA) is 9.23 Å². The van der Waals surface area contributed by atoms with Crippen molar-refractivity contribution in [3.05, 3.63) is 70.3 Å². The van der Waals surface area contributed by atoms with E-state index < -0.39 is 0 Å². The third-order valence-corrected chi connectivity index (χ3v) is 15.5. The van der Waals surface area contributed by atoms with Gasteiger partial charge < -0.3 is 4.74 Å². The molecule has 0 aliphatic heterocycles. The van der Waals surface area contributed by atoms with Gasteiger partial charge in [-0.2, -0.15) is 0 Å². The molecule has 4 fully saturated rings. The van der Waals surface area contributed by atoms with E-state index >= 15 is 0 Å². The van der Waals surface area contributed by atoms with Crippen LogP contribution in [0.1, 0.15) is 182 Å². The van der Waals surface area contributed by atoms with Crippen LogP contribution >= 0.6 is 0 Å². The average molecular weight is 695 g/mol. The van der Waals surface area contributed by atoms with Crippen molar-refractivity contribution in [2.75, 3.05) is 7.11 Å². The molecule has 2 aromatic carbocycles. The smallest absolute Gasteiger partial charge is 0.0675 e. The Morgan fingerprint density at radius 2 is 1.10 bits per heavy atom. The summed E-state index contributed by atoms with van der Waals surface area (Å²) in [5.74, 6) is 8.32. The summed E-state index contributed by atoms with van der Waals surface area (Å²) < 4.78 is 6.73. The monoisotopic (exact) mass is 695 g/mol. The number of methoxy groups -OCH3 is 1. The highest BCUT2D eigenvalue weighted by molar-refractivity contribution is 5.40. The lowest BCUT2D eigenvalue weighted by Crippen LogP contribution is -2.48. The van der Waals surface area contributed by atoms with Crippen molar-refractivity contribution in [2.45, 2.75) is 176 Å². The van der Waals surface area contributed by atoms with Gasteiger partial charge in [-0.25, -0.2) is 0 Å². The number of ether oxygens (including phenoxy) is 1. The predicted molar refractivity (Wildman–Crippen MR) is 220 cm³/mol. The lowest BCUT2D eigenvalue weighted by Gasteiger charge is -2.51. The van der Waals surface area contributed by atoms with Crippen LogP contribution in [0.2, 0.25) is 0 Å². The molecule has 0 bridgehead atoms. The number of rotatable bonds is 5.